The Balaban J connectivity index is 1.85. The highest BCUT2D eigenvalue weighted by Crippen LogP contribution is 2.26. The van der Waals surface area contributed by atoms with Crippen molar-refractivity contribution >= 4 is 54.8 Å². The van der Waals surface area contributed by atoms with Gasteiger partial charge in [-0.05, 0) is 46.9 Å². The number of sulfone groups is 1. The van der Waals surface area contributed by atoms with Crippen molar-refractivity contribution in [3.8, 4) is 11.3 Å². The van der Waals surface area contributed by atoms with Crippen LogP contribution in [0.2, 0.25) is 0 Å². The predicted octanol–water partition coefficient (Wildman–Crippen LogP) is 4.46. The zero-order valence-electron chi connectivity index (χ0n) is 13.8. The fourth-order valence-electron chi connectivity index (χ4n) is 2.33. The third-order valence-electron chi connectivity index (χ3n) is 3.71. The second-order valence-electron chi connectivity index (χ2n) is 5.40. The molecule has 1 amide bonds. The molecule has 2 aromatic carbocycles. The molecule has 8 heteroatoms. The van der Waals surface area contributed by atoms with Gasteiger partial charge in [-0.15, -0.1) is 11.3 Å². The third-order valence-corrected chi connectivity index (χ3v) is 6.97. The molecule has 26 heavy (non-hydrogen) atoms. The van der Waals surface area contributed by atoms with Crippen LogP contribution in [0.1, 0.15) is 17.3 Å². The molecular weight excluding hydrogens is 483 g/mol. The van der Waals surface area contributed by atoms with Crippen molar-refractivity contribution in [3.63, 3.8) is 0 Å². The lowest BCUT2D eigenvalue weighted by molar-refractivity contribution is 0.102. The van der Waals surface area contributed by atoms with Crippen LogP contribution in [-0.4, -0.2) is 25.1 Å². The zero-order valence-corrected chi connectivity index (χ0v) is 17.6. The van der Waals surface area contributed by atoms with E-state index >= 15 is 0 Å². The van der Waals surface area contributed by atoms with Crippen LogP contribution in [0.25, 0.3) is 11.3 Å². The summed E-state index contributed by atoms with van der Waals surface area (Å²) in [6, 6.07) is 14.1. The van der Waals surface area contributed by atoms with Gasteiger partial charge in [0.1, 0.15) is 0 Å². The molecule has 1 aromatic heterocycles. The maximum absolute atomic E-state index is 12.6. The smallest absolute Gasteiger partial charge is 0.258 e. The van der Waals surface area contributed by atoms with E-state index in [-0.39, 0.29) is 16.2 Å². The molecule has 5 nitrogen and oxygen atoms in total. The second kappa shape index (κ2) is 7.85. The van der Waals surface area contributed by atoms with Gasteiger partial charge in [0.2, 0.25) is 0 Å². The molecule has 134 valence electrons. The van der Waals surface area contributed by atoms with Crippen LogP contribution in [0.15, 0.2) is 58.8 Å². The monoisotopic (exact) mass is 498 g/mol. The Kier molecular flexibility index (Phi) is 5.73. The number of aromatic nitrogens is 1. The summed E-state index contributed by atoms with van der Waals surface area (Å²) in [6.07, 6.45) is 0. The number of carbonyl (C=O) groups is 1. The van der Waals surface area contributed by atoms with E-state index in [2.05, 4.69) is 32.9 Å². The lowest BCUT2D eigenvalue weighted by atomic mass is 10.2. The number of halogens is 1. The van der Waals surface area contributed by atoms with Gasteiger partial charge in [0, 0.05) is 14.5 Å². The second-order valence-corrected chi connectivity index (χ2v) is 9.75. The van der Waals surface area contributed by atoms with Crippen molar-refractivity contribution in [1.29, 1.82) is 0 Å². The van der Waals surface area contributed by atoms with Crippen LogP contribution < -0.4 is 5.32 Å². The average molecular weight is 498 g/mol. The van der Waals surface area contributed by atoms with Crippen molar-refractivity contribution in [2.24, 2.45) is 0 Å². The van der Waals surface area contributed by atoms with Crippen LogP contribution in [0.3, 0.4) is 0 Å². The van der Waals surface area contributed by atoms with E-state index in [0.717, 1.165) is 14.8 Å². The van der Waals surface area contributed by atoms with Crippen LogP contribution >= 0.6 is 33.9 Å². The largest absolute Gasteiger partial charge is 0.298 e. The number of nitrogens with zero attached hydrogens (tertiary/aromatic N) is 1. The highest BCUT2D eigenvalue weighted by Gasteiger charge is 2.21. The molecule has 0 aliphatic heterocycles. The minimum atomic E-state index is -3.49. The standard InChI is InChI=1S/C18H15IN2O3S2/c1-2-26(23,24)16-6-4-3-5-14(16)17(22)21-18-20-15(11-25-18)12-7-9-13(19)10-8-12/h3-11H,2H2,1H3,(H,20,21,22). The molecule has 3 aromatic rings. The minimum absolute atomic E-state index is 0.0365. The summed E-state index contributed by atoms with van der Waals surface area (Å²) in [7, 11) is -3.49. The van der Waals surface area contributed by atoms with Gasteiger partial charge < -0.3 is 0 Å². The van der Waals surface area contributed by atoms with Crippen LogP contribution in [0.4, 0.5) is 5.13 Å². The summed E-state index contributed by atoms with van der Waals surface area (Å²) >= 11 is 3.53. The normalized spacial score (nSPS) is 11.3. The van der Waals surface area contributed by atoms with Gasteiger partial charge in [-0.2, -0.15) is 0 Å². The highest BCUT2D eigenvalue weighted by molar-refractivity contribution is 14.1. The number of anilines is 1. The molecule has 0 fully saturated rings. The minimum Gasteiger partial charge on any atom is -0.298 e. The predicted molar refractivity (Wildman–Crippen MR) is 112 cm³/mol. The Morgan fingerprint density at radius 2 is 1.85 bits per heavy atom. The molecule has 0 aliphatic carbocycles. The summed E-state index contributed by atoms with van der Waals surface area (Å²) in [5.41, 5.74) is 1.84. The van der Waals surface area contributed by atoms with Gasteiger partial charge in [0.05, 0.1) is 21.9 Å². The molecule has 0 atom stereocenters. The highest BCUT2D eigenvalue weighted by atomic mass is 127. The van der Waals surface area contributed by atoms with Crippen LogP contribution in [0.5, 0.6) is 0 Å². The van der Waals surface area contributed by atoms with Crippen molar-refractivity contribution < 1.29 is 13.2 Å². The van der Waals surface area contributed by atoms with Gasteiger partial charge in [-0.3, -0.25) is 10.1 Å². The van der Waals surface area contributed by atoms with E-state index in [1.807, 2.05) is 29.6 Å². The quantitative estimate of drug-likeness (QED) is 0.528. The van der Waals surface area contributed by atoms with E-state index in [1.165, 1.54) is 23.5 Å². The summed E-state index contributed by atoms with van der Waals surface area (Å²) in [4.78, 5) is 17.0. The molecule has 0 spiro atoms. The number of hydrogen-bond acceptors (Lipinski definition) is 5. The van der Waals surface area contributed by atoms with Crippen LogP contribution in [0, 0.1) is 3.57 Å². The Hall–Kier alpha value is -1.78. The van der Waals surface area contributed by atoms with E-state index in [1.54, 1.807) is 19.1 Å². The van der Waals surface area contributed by atoms with Gasteiger partial charge >= 0.3 is 0 Å². The molecular formula is C18H15IN2O3S2. The zero-order chi connectivity index (χ0) is 18.7. The van der Waals surface area contributed by atoms with Gasteiger partial charge in [0.15, 0.2) is 15.0 Å². The van der Waals surface area contributed by atoms with E-state index in [0.29, 0.717) is 5.13 Å². The van der Waals surface area contributed by atoms with Crippen molar-refractivity contribution in [1.82, 2.24) is 4.98 Å². The van der Waals surface area contributed by atoms with E-state index in [4.69, 9.17) is 0 Å². The molecule has 0 aliphatic rings. The third kappa shape index (κ3) is 4.13. The maximum Gasteiger partial charge on any atom is 0.258 e. The Bertz CT molecular complexity index is 1040. The molecule has 1 N–H and O–H groups in total. The number of hydrogen-bond donors (Lipinski definition) is 1. The summed E-state index contributed by atoms with van der Waals surface area (Å²) in [5.74, 6) is -0.549. The lowest BCUT2D eigenvalue weighted by Crippen LogP contribution is -2.17. The van der Waals surface area contributed by atoms with Crippen LogP contribution in [-0.2, 0) is 9.84 Å². The van der Waals surface area contributed by atoms with Crippen molar-refractivity contribution in [3.05, 3.63) is 63.0 Å². The average Bonchev–Trinajstić information content (AvgIpc) is 3.10. The number of nitrogens with one attached hydrogen (secondary N) is 1. The Morgan fingerprint density at radius 3 is 2.54 bits per heavy atom. The topological polar surface area (TPSA) is 76.1 Å². The molecule has 3 rings (SSSR count). The van der Waals surface area contributed by atoms with E-state index < -0.39 is 15.7 Å². The summed E-state index contributed by atoms with van der Waals surface area (Å²) < 4.78 is 25.5. The lowest BCUT2D eigenvalue weighted by Gasteiger charge is -2.08. The maximum atomic E-state index is 12.6. The SMILES string of the molecule is CCS(=O)(=O)c1ccccc1C(=O)Nc1nc(-c2ccc(I)cc2)cs1. The van der Waals surface area contributed by atoms with E-state index in [9.17, 15) is 13.2 Å². The molecule has 0 unspecified atom stereocenters. The first kappa shape index (κ1) is 19.0. The number of carbonyl (C=O) groups excluding carboxylic acids is 1. The van der Waals surface area contributed by atoms with Gasteiger partial charge in [-0.1, -0.05) is 31.2 Å². The summed E-state index contributed by atoms with van der Waals surface area (Å²) in [6.45, 7) is 1.55. The number of rotatable bonds is 5. The van der Waals surface area contributed by atoms with Crippen molar-refractivity contribution in [2.45, 2.75) is 11.8 Å². The Morgan fingerprint density at radius 1 is 1.15 bits per heavy atom. The molecule has 0 bridgehead atoms. The first-order chi connectivity index (χ1) is 12.4. The first-order valence-electron chi connectivity index (χ1n) is 7.75. The van der Waals surface area contributed by atoms with Crippen molar-refractivity contribution in [2.75, 3.05) is 11.1 Å². The fourth-order valence-corrected chi connectivity index (χ4v) is 4.50. The molecule has 0 saturated carbocycles. The molecule has 1 heterocycles. The van der Waals surface area contributed by atoms with Gasteiger partial charge in [-0.25, -0.2) is 13.4 Å². The fraction of sp³-hybridized carbons (Fsp3) is 0.111. The Labute approximate surface area is 169 Å². The number of amides is 1. The van der Waals surface area contributed by atoms with Gasteiger partial charge in [0.25, 0.3) is 5.91 Å². The molecule has 0 saturated heterocycles. The summed E-state index contributed by atoms with van der Waals surface area (Å²) in [5, 5.41) is 4.98. The first-order valence-corrected chi connectivity index (χ1v) is 11.4. The molecule has 0 radical (unpaired) electrons. The number of benzene rings is 2. The number of thiazole rings is 1.